The molecule has 0 fully saturated rings. The maximum atomic E-state index is 12.3. The summed E-state index contributed by atoms with van der Waals surface area (Å²) >= 11 is 1.73. The standard InChI is InChI=1S/C25H31N3O5S/c1-5-30-20-15-18(16-21(31-6-2)23(20)32-7-3)24-27-28-25(33-24)26-22(29)9-8-14-34-19-12-10-17(4)11-13-19/h10-13,15-16H,5-9,14H2,1-4H3,(H,26,28,29). The van der Waals surface area contributed by atoms with Gasteiger partial charge in [-0.25, -0.2) is 0 Å². The molecule has 2 aromatic carbocycles. The third-order valence-electron chi connectivity index (χ3n) is 4.67. The number of ether oxygens (including phenoxy) is 3. The van der Waals surface area contributed by atoms with E-state index >= 15 is 0 Å². The van der Waals surface area contributed by atoms with Crippen LogP contribution in [0, 0.1) is 6.92 Å². The molecule has 3 rings (SSSR count). The normalized spacial score (nSPS) is 10.7. The van der Waals surface area contributed by atoms with Crippen molar-refractivity contribution in [2.24, 2.45) is 0 Å². The lowest BCUT2D eigenvalue weighted by Gasteiger charge is -2.16. The monoisotopic (exact) mass is 485 g/mol. The summed E-state index contributed by atoms with van der Waals surface area (Å²) in [6.45, 7) is 9.14. The minimum atomic E-state index is -0.170. The fourth-order valence-electron chi connectivity index (χ4n) is 3.14. The molecule has 1 aromatic heterocycles. The van der Waals surface area contributed by atoms with E-state index in [0.717, 1.165) is 12.2 Å². The van der Waals surface area contributed by atoms with Crippen molar-refractivity contribution in [3.05, 3.63) is 42.0 Å². The molecule has 34 heavy (non-hydrogen) atoms. The average Bonchev–Trinajstić information content (AvgIpc) is 3.28. The molecule has 0 aliphatic rings. The Labute approximate surface area is 204 Å². The molecule has 182 valence electrons. The van der Waals surface area contributed by atoms with Gasteiger partial charge in [-0.05, 0) is 64.1 Å². The Bertz CT molecular complexity index is 1040. The molecule has 1 N–H and O–H groups in total. The van der Waals surface area contributed by atoms with E-state index in [-0.39, 0.29) is 17.8 Å². The van der Waals surface area contributed by atoms with E-state index in [1.807, 2.05) is 20.8 Å². The first-order chi connectivity index (χ1) is 16.5. The van der Waals surface area contributed by atoms with Crippen molar-refractivity contribution >= 4 is 23.7 Å². The summed E-state index contributed by atoms with van der Waals surface area (Å²) < 4.78 is 22.9. The zero-order valence-corrected chi connectivity index (χ0v) is 20.9. The summed E-state index contributed by atoms with van der Waals surface area (Å²) in [6.07, 6.45) is 1.10. The van der Waals surface area contributed by atoms with Crippen LogP contribution in [0.3, 0.4) is 0 Å². The number of rotatable bonds is 13. The number of anilines is 1. The predicted molar refractivity (Wildman–Crippen MR) is 133 cm³/mol. The van der Waals surface area contributed by atoms with Gasteiger partial charge >= 0.3 is 6.01 Å². The molecule has 9 heteroatoms. The SMILES string of the molecule is CCOc1cc(-c2nnc(NC(=O)CCCSc3ccc(C)cc3)o2)cc(OCC)c1OCC. The van der Waals surface area contributed by atoms with Crippen molar-refractivity contribution in [2.45, 2.75) is 45.4 Å². The fraction of sp³-hybridized carbons (Fsp3) is 0.400. The molecule has 0 unspecified atom stereocenters. The van der Waals surface area contributed by atoms with Crippen LogP contribution in [0.25, 0.3) is 11.5 Å². The molecule has 0 saturated carbocycles. The van der Waals surface area contributed by atoms with Crippen LogP contribution in [0.2, 0.25) is 0 Å². The highest BCUT2D eigenvalue weighted by Crippen LogP contribution is 2.41. The van der Waals surface area contributed by atoms with Crippen molar-refractivity contribution in [3.8, 4) is 28.7 Å². The highest BCUT2D eigenvalue weighted by molar-refractivity contribution is 7.99. The first-order valence-electron chi connectivity index (χ1n) is 11.4. The Morgan fingerprint density at radius 3 is 2.24 bits per heavy atom. The lowest BCUT2D eigenvalue weighted by atomic mass is 10.2. The van der Waals surface area contributed by atoms with E-state index in [9.17, 15) is 4.79 Å². The van der Waals surface area contributed by atoms with Gasteiger partial charge in [0.2, 0.25) is 17.5 Å². The third kappa shape index (κ3) is 7.15. The fourth-order valence-corrected chi connectivity index (χ4v) is 3.99. The molecule has 0 aliphatic carbocycles. The lowest BCUT2D eigenvalue weighted by Crippen LogP contribution is -2.11. The first-order valence-corrected chi connectivity index (χ1v) is 12.4. The molecule has 0 saturated heterocycles. The van der Waals surface area contributed by atoms with Crippen molar-refractivity contribution in [2.75, 3.05) is 30.9 Å². The van der Waals surface area contributed by atoms with Gasteiger partial charge in [-0.3, -0.25) is 10.1 Å². The number of carbonyl (C=O) groups excluding carboxylic acids is 1. The Hall–Kier alpha value is -3.20. The van der Waals surface area contributed by atoms with E-state index in [1.54, 1.807) is 23.9 Å². The lowest BCUT2D eigenvalue weighted by molar-refractivity contribution is -0.116. The summed E-state index contributed by atoms with van der Waals surface area (Å²) in [5, 5.41) is 10.7. The van der Waals surface area contributed by atoms with E-state index in [0.29, 0.717) is 49.1 Å². The Morgan fingerprint density at radius 1 is 0.971 bits per heavy atom. The molecule has 0 bridgehead atoms. The molecule has 0 radical (unpaired) electrons. The summed E-state index contributed by atoms with van der Waals surface area (Å²) in [5.74, 6) is 2.51. The van der Waals surface area contributed by atoms with E-state index in [2.05, 4.69) is 46.7 Å². The number of aromatic nitrogens is 2. The maximum Gasteiger partial charge on any atom is 0.322 e. The molecule has 0 atom stereocenters. The minimum Gasteiger partial charge on any atom is -0.490 e. The van der Waals surface area contributed by atoms with E-state index < -0.39 is 0 Å². The van der Waals surface area contributed by atoms with Gasteiger partial charge in [0.05, 0.1) is 19.8 Å². The number of nitrogens with zero attached hydrogens (tertiary/aromatic N) is 2. The van der Waals surface area contributed by atoms with Crippen molar-refractivity contribution in [3.63, 3.8) is 0 Å². The van der Waals surface area contributed by atoms with Crippen LogP contribution >= 0.6 is 11.8 Å². The maximum absolute atomic E-state index is 12.3. The van der Waals surface area contributed by atoms with Crippen LogP contribution < -0.4 is 19.5 Å². The number of thioether (sulfide) groups is 1. The second-order valence-corrected chi connectivity index (χ2v) is 8.49. The Kier molecular flexibility index (Phi) is 9.63. The quantitative estimate of drug-likeness (QED) is 0.241. The molecule has 1 amide bonds. The minimum absolute atomic E-state index is 0.0518. The van der Waals surface area contributed by atoms with Gasteiger partial charge in [-0.2, -0.15) is 0 Å². The zero-order valence-electron chi connectivity index (χ0n) is 20.1. The number of carbonyl (C=O) groups is 1. The second-order valence-electron chi connectivity index (χ2n) is 7.33. The summed E-state index contributed by atoms with van der Waals surface area (Å²) in [4.78, 5) is 13.5. The van der Waals surface area contributed by atoms with Gasteiger partial charge in [-0.15, -0.1) is 16.9 Å². The number of hydrogen-bond acceptors (Lipinski definition) is 8. The average molecular weight is 486 g/mol. The molecule has 3 aromatic rings. The topological polar surface area (TPSA) is 95.7 Å². The predicted octanol–water partition coefficient (Wildman–Crippen LogP) is 5.75. The summed E-state index contributed by atoms with van der Waals surface area (Å²) in [5.41, 5.74) is 1.84. The Balaban J connectivity index is 1.61. The third-order valence-corrected chi connectivity index (χ3v) is 5.76. The molecular formula is C25H31N3O5S. The van der Waals surface area contributed by atoms with Gasteiger partial charge in [0.15, 0.2) is 11.5 Å². The number of benzene rings is 2. The van der Waals surface area contributed by atoms with E-state index in [4.69, 9.17) is 18.6 Å². The van der Waals surface area contributed by atoms with Crippen molar-refractivity contribution in [1.29, 1.82) is 0 Å². The molecular weight excluding hydrogens is 454 g/mol. The number of nitrogens with one attached hydrogen (secondary N) is 1. The van der Waals surface area contributed by atoms with Crippen LogP contribution in [0.5, 0.6) is 17.2 Å². The number of hydrogen-bond donors (Lipinski definition) is 1. The number of aryl methyl sites for hydroxylation is 1. The highest BCUT2D eigenvalue weighted by atomic mass is 32.2. The number of amides is 1. The first kappa shape index (κ1) is 25.4. The molecule has 0 spiro atoms. The van der Waals surface area contributed by atoms with Crippen LogP contribution in [-0.4, -0.2) is 41.7 Å². The largest absolute Gasteiger partial charge is 0.490 e. The van der Waals surface area contributed by atoms with Gasteiger partial charge in [-0.1, -0.05) is 22.8 Å². The molecule has 8 nitrogen and oxygen atoms in total. The second kappa shape index (κ2) is 12.9. The van der Waals surface area contributed by atoms with Gasteiger partial charge in [0, 0.05) is 16.9 Å². The van der Waals surface area contributed by atoms with Gasteiger partial charge in [0.1, 0.15) is 0 Å². The Morgan fingerprint density at radius 2 is 1.62 bits per heavy atom. The summed E-state index contributed by atoms with van der Waals surface area (Å²) in [7, 11) is 0. The van der Waals surface area contributed by atoms with Gasteiger partial charge < -0.3 is 18.6 Å². The van der Waals surface area contributed by atoms with Crippen LogP contribution in [0.1, 0.15) is 39.2 Å². The van der Waals surface area contributed by atoms with Gasteiger partial charge in [0.25, 0.3) is 0 Å². The zero-order chi connectivity index (χ0) is 24.3. The van der Waals surface area contributed by atoms with Crippen LogP contribution in [-0.2, 0) is 4.79 Å². The van der Waals surface area contributed by atoms with Crippen molar-refractivity contribution < 1.29 is 23.4 Å². The molecule has 1 heterocycles. The van der Waals surface area contributed by atoms with Crippen LogP contribution in [0.4, 0.5) is 6.01 Å². The van der Waals surface area contributed by atoms with Crippen LogP contribution in [0.15, 0.2) is 45.7 Å². The molecule has 0 aliphatic heterocycles. The smallest absolute Gasteiger partial charge is 0.322 e. The van der Waals surface area contributed by atoms with Crippen molar-refractivity contribution in [1.82, 2.24) is 10.2 Å². The highest BCUT2D eigenvalue weighted by Gasteiger charge is 2.19. The van der Waals surface area contributed by atoms with E-state index in [1.165, 1.54) is 10.5 Å². The summed E-state index contributed by atoms with van der Waals surface area (Å²) in [6, 6.07) is 11.9.